The Morgan fingerprint density at radius 2 is 1.86 bits per heavy atom. The fraction of sp³-hybridized carbons (Fsp3) is 0.500. The molecule has 3 N–H and O–H groups in total. The molecule has 0 saturated carbocycles. The van der Waals surface area contributed by atoms with Gasteiger partial charge in [0.15, 0.2) is 0 Å². The van der Waals surface area contributed by atoms with Crippen molar-refractivity contribution in [3.8, 4) is 5.75 Å². The van der Waals surface area contributed by atoms with Crippen LogP contribution in [0.1, 0.15) is 43.5 Å². The van der Waals surface area contributed by atoms with E-state index in [0.29, 0.717) is 18.9 Å². The number of aromatic hydroxyl groups is 1. The van der Waals surface area contributed by atoms with Crippen molar-refractivity contribution in [2.75, 3.05) is 6.54 Å². The molecule has 1 aromatic rings. The molecule has 1 amide bonds. The fourth-order valence-corrected chi connectivity index (χ4v) is 2.25. The number of hydrogen-bond donors (Lipinski definition) is 3. The number of aliphatic carboxylic acids is 1. The topological polar surface area (TPSA) is 86.6 Å². The van der Waals surface area contributed by atoms with E-state index >= 15 is 0 Å². The van der Waals surface area contributed by atoms with Crippen molar-refractivity contribution in [2.45, 2.75) is 33.1 Å². The zero-order valence-electron chi connectivity index (χ0n) is 12.5. The van der Waals surface area contributed by atoms with E-state index in [9.17, 15) is 14.7 Å². The maximum Gasteiger partial charge on any atom is 0.303 e. The summed E-state index contributed by atoms with van der Waals surface area (Å²) < 4.78 is 0. The summed E-state index contributed by atoms with van der Waals surface area (Å²) in [6.45, 7) is 4.57. The minimum atomic E-state index is -0.793. The highest BCUT2D eigenvalue weighted by Gasteiger charge is 2.16. The van der Waals surface area contributed by atoms with Crippen LogP contribution in [0, 0.1) is 11.8 Å². The number of carbonyl (C=O) groups is 2. The number of rotatable bonds is 8. The van der Waals surface area contributed by atoms with Crippen molar-refractivity contribution in [1.29, 1.82) is 0 Å². The second kappa shape index (κ2) is 8.29. The summed E-state index contributed by atoms with van der Waals surface area (Å²) in [5.41, 5.74) is 0.254. The van der Waals surface area contributed by atoms with Crippen LogP contribution >= 0.6 is 0 Å². The molecule has 1 aromatic carbocycles. The molecule has 116 valence electrons. The predicted molar refractivity (Wildman–Crippen MR) is 80.3 cm³/mol. The van der Waals surface area contributed by atoms with Gasteiger partial charge in [0.2, 0.25) is 0 Å². The lowest BCUT2D eigenvalue weighted by atomic mass is 9.88. The minimum Gasteiger partial charge on any atom is -0.507 e. The van der Waals surface area contributed by atoms with E-state index in [2.05, 4.69) is 19.2 Å². The number of carboxylic acid groups (broad SMARTS) is 1. The number of nitrogens with one attached hydrogen (secondary N) is 1. The van der Waals surface area contributed by atoms with Gasteiger partial charge in [0.25, 0.3) is 5.91 Å². The highest BCUT2D eigenvalue weighted by Crippen LogP contribution is 2.21. The van der Waals surface area contributed by atoms with Crippen molar-refractivity contribution < 1.29 is 19.8 Å². The van der Waals surface area contributed by atoms with Gasteiger partial charge in [0, 0.05) is 13.0 Å². The van der Waals surface area contributed by atoms with Crippen LogP contribution in [-0.4, -0.2) is 28.6 Å². The number of phenolic OH excluding ortho intramolecular Hbond substituents is 1. The van der Waals surface area contributed by atoms with E-state index in [-0.39, 0.29) is 29.6 Å². The van der Waals surface area contributed by atoms with Gasteiger partial charge in [-0.3, -0.25) is 9.59 Å². The number of phenols is 1. The van der Waals surface area contributed by atoms with Crippen molar-refractivity contribution in [3.05, 3.63) is 29.8 Å². The van der Waals surface area contributed by atoms with Crippen LogP contribution in [0.25, 0.3) is 0 Å². The van der Waals surface area contributed by atoms with Crippen LogP contribution in [0.15, 0.2) is 24.3 Å². The molecule has 0 saturated heterocycles. The molecular weight excluding hydrogens is 270 g/mol. The van der Waals surface area contributed by atoms with Crippen LogP contribution in [0.2, 0.25) is 0 Å². The van der Waals surface area contributed by atoms with Crippen LogP contribution < -0.4 is 5.32 Å². The second-order valence-electron chi connectivity index (χ2n) is 5.50. The van der Waals surface area contributed by atoms with Gasteiger partial charge in [-0.05, 0) is 36.8 Å². The number of carboxylic acids is 1. The normalized spacial score (nSPS) is 12.1. The SMILES string of the molecule is CC(C)C(CCNC(=O)c1ccccc1O)CCC(=O)O. The zero-order valence-corrected chi connectivity index (χ0v) is 12.5. The predicted octanol–water partition coefficient (Wildman–Crippen LogP) is 2.65. The highest BCUT2D eigenvalue weighted by molar-refractivity contribution is 5.96. The number of hydrogen-bond acceptors (Lipinski definition) is 3. The van der Waals surface area contributed by atoms with Crippen molar-refractivity contribution in [1.82, 2.24) is 5.32 Å². The molecule has 1 atom stereocenters. The summed E-state index contributed by atoms with van der Waals surface area (Å²) in [5.74, 6) is -0.522. The van der Waals surface area contributed by atoms with E-state index in [0.717, 1.165) is 6.42 Å². The first-order chi connectivity index (χ1) is 9.91. The molecule has 0 aliphatic carbocycles. The van der Waals surface area contributed by atoms with Crippen molar-refractivity contribution in [2.24, 2.45) is 11.8 Å². The van der Waals surface area contributed by atoms with E-state index in [4.69, 9.17) is 5.11 Å². The third-order valence-electron chi connectivity index (χ3n) is 3.62. The number of amides is 1. The molecule has 1 rings (SSSR count). The average molecular weight is 293 g/mol. The summed E-state index contributed by atoms with van der Waals surface area (Å²) in [4.78, 5) is 22.6. The van der Waals surface area contributed by atoms with Gasteiger partial charge in [0.05, 0.1) is 5.56 Å². The highest BCUT2D eigenvalue weighted by atomic mass is 16.4. The van der Waals surface area contributed by atoms with E-state index in [1.807, 2.05) is 0 Å². The third-order valence-corrected chi connectivity index (χ3v) is 3.62. The van der Waals surface area contributed by atoms with Gasteiger partial charge >= 0.3 is 5.97 Å². The first-order valence-corrected chi connectivity index (χ1v) is 7.19. The van der Waals surface area contributed by atoms with Crippen LogP contribution in [0.3, 0.4) is 0 Å². The van der Waals surface area contributed by atoms with Crippen molar-refractivity contribution >= 4 is 11.9 Å². The van der Waals surface area contributed by atoms with Crippen LogP contribution in [0.5, 0.6) is 5.75 Å². The van der Waals surface area contributed by atoms with Crippen LogP contribution in [-0.2, 0) is 4.79 Å². The third kappa shape index (κ3) is 5.85. The molecule has 0 spiro atoms. The quantitative estimate of drug-likeness (QED) is 0.687. The summed E-state index contributed by atoms with van der Waals surface area (Å²) >= 11 is 0. The molecule has 0 aliphatic heterocycles. The number of para-hydroxylation sites is 1. The summed E-state index contributed by atoms with van der Waals surface area (Å²) in [6.07, 6.45) is 1.49. The van der Waals surface area contributed by atoms with Crippen LogP contribution in [0.4, 0.5) is 0 Å². The average Bonchev–Trinajstić information content (AvgIpc) is 2.42. The Labute approximate surface area is 125 Å². The molecule has 0 heterocycles. The standard InChI is InChI=1S/C16H23NO4/c1-11(2)12(7-8-15(19)20)9-10-17-16(21)13-5-3-4-6-14(13)18/h3-6,11-12,18H,7-10H2,1-2H3,(H,17,21)(H,19,20). The second-order valence-corrected chi connectivity index (χ2v) is 5.50. The van der Waals surface area contributed by atoms with Gasteiger partial charge in [0.1, 0.15) is 5.75 Å². The van der Waals surface area contributed by atoms with E-state index in [1.165, 1.54) is 6.07 Å². The Hall–Kier alpha value is -2.04. The monoisotopic (exact) mass is 293 g/mol. The van der Waals surface area contributed by atoms with Gasteiger partial charge in [-0.1, -0.05) is 26.0 Å². The Bertz CT molecular complexity index is 485. The van der Waals surface area contributed by atoms with Crippen molar-refractivity contribution in [3.63, 3.8) is 0 Å². The first kappa shape index (κ1) is 17.0. The molecule has 0 bridgehead atoms. The lowest BCUT2D eigenvalue weighted by Gasteiger charge is -2.20. The van der Waals surface area contributed by atoms with E-state index in [1.54, 1.807) is 18.2 Å². The molecular formula is C16H23NO4. The number of benzene rings is 1. The molecule has 0 radical (unpaired) electrons. The fourth-order valence-electron chi connectivity index (χ4n) is 2.25. The molecule has 0 fully saturated rings. The Balaban J connectivity index is 2.45. The first-order valence-electron chi connectivity index (χ1n) is 7.19. The smallest absolute Gasteiger partial charge is 0.303 e. The Kier molecular flexibility index (Phi) is 6.72. The lowest BCUT2D eigenvalue weighted by Crippen LogP contribution is -2.27. The van der Waals surface area contributed by atoms with Gasteiger partial charge in [-0.15, -0.1) is 0 Å². The molecule has 1 unspecified atom stereocenters. The van der Waals surface area contributed by atoms with E-state index < -0.39 is 5.97 Å². The largest absolute Gasteiger partial charge is 0.507 e. The summed E-state index contributed by atoms with van der Waals surface area (Å²) in [6, 6.07) is 6.39. The van der Waals surface area contributed by atoms with Gasteiger partial charge < -0.3 is 15.5 Å². The minimum absolute atomic E-state index is 0.0405. The molecule has 5 heteroatoms. The molecule has 5 nitrogen and oxygen atoms in total. The molecule has 0 aromatic heterocycles. The lowest BCUT2D eigenvalue weighted by molar-refractivity contribution is -0.137. The zero-order chi connectivity index (χ0) is 15.8. The summed E-state index contributed by atoms with van der Waals surface area (Å²) in [5, 5.41) is 21.1. The Morgan fingerprint density at radius 1 is 1.19 bits per heavy atom. The maximum absolute atomic E-state index is 11.9. The number of carbonyl (C=O) groups excluding carboxylic acids is 1. The summed E-state index contributed by atoms with van der Waals surface area (Å²) in [7, 11) is 0. The Morgan fingerprint density at radius 3 is 2.43 bits per heavy atom. The molecule has 21 heavy (non-hydrogen) atoms. The van der Waals surface area contributed by atoms with Gasteiger partial charge in [-0.2, -0.15) is 0 Å². The molecule has 0 aliphatic rings. The van der Waals surface area contributed by atoms with Gasteiger partial charge in [-0.25, -0.2) is 0 Å². The maximum atomic E-state index is 11.9.